The van der Waals surface area contributed by atoms with Gasteiger partial charge >= 0.3 is 0 Å². The first kappa shape index (κ1) is 18.5. The topological polar surface area (TPSA) is 52.7 Å². The number of rotatable bonds is 3. The van der Waals surface area contributed by atoms with E-state index in [1.165, 1.54) is 0 Å². The molecule has 0 aliphatic carbocycles. The van der Waals surface area contributed by atoms with Gasteiger partial charge < -0.3 is 0 Å². The van der Waals surface area contributed by atoms with Crippen LogP contribution in [0.5, 0.6) is 0 Å². The third-order valence-corrected chi connectivity index (χ3v) is 5.50. The predicted molar refractivity (Wildman–Crippen MR) is 122 cm³/mol. The molecule has 6 heteroatoms. The van der Waals surface area contributed by atoms with E-state index in [1.807, 2.05) is 90.4 Å². The molecular formula is C24H17BrN4O. The van der Waals surface area contributed by atoms with Gasteiger partial charge in [-0.25, -0.2) is 9.97 Å². The monoisotopic (exact) mass is 456 g/mol. The van der Waals surface area contributed by atoms with Gasteiger partial charge in [-0.3, -0.25) is 13.9 Å². The lowest BCUT2D eigenvalue weighted by Crippen LogP contribution is -2.22. The summed E-state index contributed by atoms with van der Waals surface area (Å²) in [5.74, 6) is 0.580. The summed E-state index contributed by atoms with van der Waals surface area (Å²) >= 11 is 3.46. The van der Waals surface area contributed by atoms with Crippen LogP contribution in [0.3, 0.4) is 0 Å². The normalized spacial score (nSPS) is 11.1. The molecule has 5 nitrogen and oxygen atoms in total. The Labute approximate surface area is 181 Å². The molecule has 0 aliphatic heterocycles. The average molecular weight is 457 g/mol. The molecular weight excluding hydrogens is 440 g/mol. The van der Waals surface area contributed by atoms with Gasteiger partial charge in [0, 0.05) is 15.7 Å². The number of halogens is 1. The van der Waals surface area contributed by atoms with Gasteiger partial charge in [0.2, 0.25) is 0 Å². The van der Waals surface area contributed by atoms with E-state index in [0.29, 0.717) is 17.0 Å². The Morgan fingerprint density at radius 2 is 1.63 bits per heavy atom. The molecule has 0 atom stereocenters. The van der Waals surface area contributed by atoms with Gasteiger partial charge in [-0.15, -0.1) is 0 Å². The molecule has 0 spiro atoms. The molecule has 5 aromatic rings. The molecule has 0 radical (unpaired) electrons. The summed E-state index contributed by atoms with van der Waals surface area (Å²) in [7, 11) is 0. The van der Waals surface area contributed by atoms with Gasteiger partial charge in [-0.05, 0) is 49.4 Å². The van der Waals surface area contributed by atoms with Crippen molar-refractivity contribution in [2.45, 2.75) is 6.92 Å². The maximum atomic E-state index is 13.6. The van der Waals surface area contributed by atoms with Crippen LogP contribution in [0.15, 0.2) is 94.5 Å². The summed E-state index contributed by atoms with van der Waals surface area (Å²) in [6, 6.07) is 25.4. The fourth-order valence-electron chi connectivity index (χ4n) is 3.54. The van der Waals surface area contributed by atoms with Crippen LogP contribution in [0, 0.1) is 6.92 Å². The van der Waals surface area contributed by atoms with Crippen molar-refractivity contribution in [3.05, 3.63) is 106 Å². The Bertz CT molecular complexity index is 1420. The van der Waals surface area contributed by atoms with Crippen LogP contribution in [0.25, 0.3) is 33.9 Å². The molecule has 3 aromatic carbocycles. The highest BCUT2D eigenvalue weighted by Crippen LogP contribution is 2.24. The van der Waals surface area contributed by atoms with E-state index in [1.54, 1.807) is 10.9 Å². The van der Waals surface area contributed by atoms with Gasteiger partial charge in [0.15, 0.2) is 11.2 Å². The first-order valence-corrected chi connectivity index (χ1v) is 10.3. The third kappa shape index (κ3) is 3.15. The van der Waals surface area contributed by atoms with E-state index in [4.69, 9.17) is 4.98 Å². The molecule has 0 fully saturated rings. The summed E-state index contributed by atoms with van der Waals surface area (Å²) in [5.41, 5.74) is 4.29. The number of hydrogen-bond acceptors (Lipinski definition) is 3. The van der Waals surface area contributed by atoms with Gasteiger partial charge in [0.05, 0.1) is 5.69 Å². The van der Waals surface area contributed by atoms with E-state index in [2.05, 4.69) is 20.9 Å². The SMILES string of the molecule is Cc1cccc(-c2nc3c(ncn3-c3ccccc3)c(=O)n2-c2ccc(Br)cc2)c1. The van der Waals surface area contributed by atoms with Crippen molar-refractivity contribution in [1.82, 2.24) is 19.1 Å². The largest absolute Gasteiger partial charge is 0.286 e. The van der Waals surface area contributed by atoms with Crippen molar-refractivity contribution in [2.75, 3.05) is 0 Å². The lowest BCUT2D eigenvalue weighted by atomic mass is 10.1. The number of aryl methyl sites for hydroxylation is 1. The van der Waals surface area contributed by atoms with Crippen LogP contribution in [0.2, 0.25) is 0 Å². The summed E-state index contributed by atoms with van der Waals surface area (Å²) in [4.78, 5) is 22.9. The zero-order valence-corrected chi connectivity index (χ0v) is 17.7. The van der Waals surface area contributed by atoms with Crippen molar-refractivity contribution in [1.29, 1.82) is 0 Å². The van der Waals surface area contributed by atoms with Crippen LogP contribution in [0.4, 0.5) is 0 Å². The predicted octanol–water partition coefficient (Wildman–Crippen LogP) is 5.31. The molecule has 0 unspecified atom stereocenters. The standard InChI is InChI=1S/C24H17BrN4O/c1-16-6-5-7-17(14-16)22-27-23-21(26-15-28(23)19-8-3-2-4-9-19)24(30)29(22)20-12-10-18(25)11-13-20/h2-15H,1H3. The Hall–Kier alpha value is -3.51. The highest BCUT2D eigenvalue weighted by atomic mass is 79.9. The molecule has 0 saturated carbocycles. The van der Waals surface area contributed by atoms with Crippen LogP contribution in [-0.2, 0) is 0 Å². The molecule has 0 saturated heterocycles. The maximum absolute atomic E-state index is 13.6. The van der Waals surface area contributed by atoms with E-state index in [0.717, 1.165) is 27.0 Å². The zero-order valence-electron chi connectivity index (χ0n) is 16.2. The molecule has 146 valence electrons. The van der Waals surface area contributed by atoms with Crippen LogP contribution >= 0.6 is 15.9 Å². The summed E-state index contributed by atoms with van der Waals surface area (Å²) < 4.78 is 4.42. The molecule has 0 aliphatic rings. The van der Waals surface area contributed by atoms with Gasteiger partial charge in [0.1, 0.15) is 12.2 Å². The molecule has 5 rings (SSSR count). The third-order valence-electron chi connectivity index (χ3n) is 4.97. The van der Waals surface area contributed by atoms with Crippen molar-refractivity contribution >= 4 is 27.1 Å². The second kappa shape index (κ2) is 7.39. The maximum Gasteiger partial charge on any atom is 0.286 e. The van der Waals surface area contributed by atoms with E-state index >= 15 is 0 Å². The minimum absolute atomic E-state index is 0.200. The van der Waals surface area contributed by atoms with Crippen LogP contribution in [-0.4, -0.2) is 19.1 Å². The molecule has 0 amide bonds. The summed E-state index contributed by atoms with van der Waals surface area (Å²) in [6.45, 7) is 2.03. The lowest BCUT2D eigenvalue weighted by molar-refractivity contribution is 0.961. The van der Waals surface area contributed by atoms with Gasteiger partial charge in [0.25, 0.3) is 5.56 Å². The fourth-order valence-corrected chi connectivity index (χ4v) is 3.80. The molecule has 30 heavy (non-hydrogen) atoms. The summed E-state index contributed by atoms with van der Waals surface area (Å²) in [5, 5.41) is 0. The molecule has 0 N–H and O–H groups in total. The zero-order chi connectivity index (χ0) is 20.7. The van der Waals surface area contributed by atoms with Crippen molar-refractivity contribution in [3.63, 3.8) is 0 Å². The Balaban J connectivity index is 1.86. The van der Waals surface area contributed by atoms with Crippen LogP contribution < -0.4 is 5.56 Å². The Morgan fingerprint density at radius 3 is 2.37 bits per heavy atom. The number of nitrogens with zero attached hydrogens (tertiary/aromatic N) is 4. The Kier molecular flexibility index (Phi) is 4.56. The second-order valence-corrected chi connectivity index (χ2v) is 7.96. The van der Waals surface area contributed by atoms with Crippen molar-refractivity contribution in [3.8, 4) is 22.8 Å². The van der Waals surface area contributed by atoms with Gasteiger partial charge in [-0.2, -0.15) is 0 Å². The van der Waals surface area contributed by atoms with Crippen LogP contribution in [0.1, 0.15) is 5.56 Å². The van der Waals surface area contributed by atoms with Crippen molar-refractivity contribution in [2.24, 2.45) is 0 Å². The van der Waals surface area contributed by atoms with E-state index < -0.39 is 0 Å². The average Bonchev–Trinajstić information content (AvgIpc) is 3.20. The minimum atomic E-state index is -0.200. The number of para-hydroxylation sites is 1. The van der Waals surface area contributed by atoms with E-state index in [9.17, 15) is 4.79 Å². The van der Waals surface area contributed by atoms with Gasteiger partial charge in [-0.1, -0.05) is 57.9 Å². The smallest absolute Gasteiger partial charge is 0.283 e. The highest BCUT2D eigenvalue weighted by molar-refractivity contribution is 9.10. The fraction of sp³-hybridized carbons (Fsp3) is 0.0417. The van der Waals surface area contributed by atoms with Crippen molar-refractivity contribution < 1.29 is 0 Å². The van der Waals surface area contributed by atoms with E-state index in [-0.39, 0.29) is 5.56 Å². The first-order chi connectivity index (χ1) is 14.6. The Morgan fingerprint density at radius 1 is 0.867 bits per heavy atom. The number of fused-ring (bicyclic) bond motifs is 1. The number of imidazole rings is 1. The molecule has 2 aromatic heterocycles. The number of aromatic nitrogens is 4. The molecule has 0 bridgehead atoms. The quantitative estimate of drug-likeness (QED) is 0.369. The minimum Gasteiger partial charge on any atom is -0.283 e. The molecule has 2 heterocycles. The second-order valence-electron chi connectivity index (χ2n) is 7.04. The highest BCUT2D eigenvalue weighted by Gasteiger charge is 2.18. The lowest BCUT2D eigenvalue weighted by Gasteiger charge is -2.14. The number of benzene rings is 3. The number of hydrogen-bond donors (Lipinski definition) is 0. The summed E-state index contributed by atoms with van der Waals surface area (Å²) in [6.07, 6.45) is 1.65. The first-order valence-electron chi connectivity index (χ1n) is 9.50.